The van der Waals surface area contributed by atoms with Crippen molar-refractivity contribution < 1.29 is 24.0 Å². The molecule has 0 radical (unpaired) electrons. The van der Waals surface area contributed by atoms with Gasteiger partial charge in [-0.15, -0.1) is 0 Å². The van der Waals surface area contributed by atoms with Crippen LogP contribution in [0.1, 0.15) is 11.7 Å². The Morgan fingerprint density at radius 2 is 1.88 bits per heavy atom. The molecule has 2 aromatic rings. The van der Waals surface area contributed by atoms with Crippen molar-refractivity contribution in [3.8, 4) is 5.75 Å². The fraction of sp³-hybridized carbons (Fsp3) is 0.125. The van der Waals surface area contributed by atoms with Gasteiger partial charge >= 0.3 is 6.09 Å². The predicted molar refractivity (Wildman–Crippen MR) is 92.8 cm³/mol. The second-order valence-electron chi connectivity index (χ2n) is 5.19. The SMILES string of the molecule is COc1ccccc1C1OC(=O)N(c2cc(Cl)c([N+](=O)[O-])cc2Cl)C1=O. The summed E-state index contributed by atoms with van der Waals surface area (Å²) in [5.74, 6) is -0.348. The molecule has 1 unspecified atom stereocenters. The molecule has 8 nitrogen and oxygen atoms in total. The maximum Gasteiger partial charge on any atom is 0.422 e. The van der Waals surface area contributed by atoms with Crippen LogP contribution in [0.25, 0.3) is 0 Å². The molecule has 134 valence electrons. The summed E-state index contributed by atoms with van der Waals surface area (Å²) in [6.45, 7) is 0. The largest absolute Gasteiger partial charge is 0.496 e. The zero-order valence-corrected chi connectivity index (χ0v) is 14.7. The first-order valence-electron chi connectivity index (χ1n) is 7.16. The van der Waals surface area contributed by atoms with E-state index in [1.165, 1.54) is 7.11 Å². The van der Waals surface area contributed by atoms with Crippen molar-refractivity contribution in [1.29, 1.82) is 0 Å². The number of para-hydroxylation sites is 1. The summed E-state index contributed by atoms with van der Waals surface area (Å²) in [5, 5.41) is 10.5. The van der Waals surface area contributed by atoms with E-state index in [4.69, 9.17) is 32.7 Å². The summed E-state index contributed by atoms with van der Waals surface area (Å²) >= 11 is 11.9. The Morgan fingerprint density at radius 3 is 2.54 bits per heavy atom. The van der Waals surface area contributed by atoms with Crippen LogP contribution in [0, 0.1) is 10.1 Å². The molecular weight excluding hydrogens is 387 g/mol. The zero-order valence-electron chi connectivity index (χ0n) is 13.1. The van der Waals surface area contributed by atoms with Gasteiger partial charge in [-0.3, -0.25) is 14.9 Å². The molecule has 0 N–H and O–H groups in total. The quantitative estimate of drug-likeness (QED) is 0.568. The highest BCUT2D eigenvalue weighted by Gasteiger charge is 2.45. The molecule has 0 bridgehead atoms. The lowest BCUT2D eigenvalue weighted by Crippen LogP contribution is -2.29. The van der Waals surface area contributed by atoms with Gasteiger partial charge in [0.1, 0.15) is 10.8 Å². The Balaban J connectivity index is 2.03. The average molecular weight is 397 g/mol. The summed E-state index contributed by atoms with van der Waals surface area (Å²) in [5.41, 5.74) is -0.184. The second kappa shape index (κ2) is 6.81. The van der Waals surface area contributed by atoms with E-state index < -0.39 is 28.7 Å². The van der Waals surface area contributed by atoms with Crippen LogP contribution in [0.5, 0.6) is 5.75 Å². The lowest BCUT2D eigenvalue weighted by atomic mass is 10.1. The number of carbonyl (C=O) groups excluding carboxylic acids is 2. The summed E-state index contributed by atoms with van der Waals surface area (Å²) in [7, 11) is 1.42. The van der Waals surface area contributed by atoms with Gasteiger partial charge in [-0.05, 0) is 12.1 Å². The zero-order chi connectivity index (χ0) is 19.0. The first-order valence-corrected chi connectivity index (χ1v) is 7.91. The van der Waals surface area contributed by atoms with Crippen molar-refractivity contribution in [3.63, 3.8) is 0 Å². The number of anilines is 1. The standard InChI is InChI=1S/C16H10Cl2N2O6/c1-25-13-5-3-2-4-8(13)14-15(21)19(16(22)26-14)11-6-10(18)12(20(23)24)7-9(11)17/h2-7,14H,1H3. The maximum atomic E-state index is 12.8. The molecule has 26 heavy (non-hydrogen) atoms. The molecular formula is C16H10Cl2N2O6. The number of methoxy groups -OCH3 is 1. The molecule has 0 aliphatic carbocycles. The number of amides is 2. The molecule has 1 heterocycles. The predicted octanol–water partition coefficient (Wildman–Crippen LogP) is 4.13. The number of rotatable bonds is 4. The highest BCUT2D eigenvalue weighted by Crippen LogP contribution is 2.41. The van der Waals surface area contributed by atoms with E-state index in [1.807, 2.05) is 0 Å². The van der Waals surface area contributed by atoms with Gasteiger partial charge in [0.25, 0.3) is 11.6 Å². The van der Waals surface area contributed by atoms with Gasteiger partial charge < -0.3 is 9.47 Å². The van der Waals surface area contributed by atoms with Crippen LogP contribution >= 0.6 is 23.2 Å². The van der Waals surface area contributed by atoms with Gasteiger partial charge in [0.2, 0.25) is 6.10 Å². The number of nitro groups is 1. The minimum atomic E-state index is -1.23. The summed E-state index contributed by atoms with van der Waals surface area (Å²) < 4.78 is 10.3. The third-order valence-electron chi connectivity index (χ3n) is 3.72. The van der Waals surface area contributed by atoms with Crippen molar-refractivity contribution in [2.75, 3.05) is 12.0 Å². The molecule has 1 saturated heterocycles. The number of halogens is 2. The summed E-state index contributed by atoms with van der Waals surface area (Å²) in [6.07, 6.45) is -2.21. The average Bonchev–Trinajstić information content (AvgIpc) is 2.90. The lowest BCUT2D eigenvalue weighted by molar-refractivity contribution is -0.384. The number of benzene rings is 2. The molecule has 0 aromatic heterocycles. The van der Waals surface area contributed by atoms with E-state index in [2.05, 4.69) is 0 Å². The number of carbonyl (C=O) groups is 2. The molecule has 1 fully saturated rings. The monoisotopic (exact) mass is 396 g/mol. The van der Waals surface area contributed by atoms with E-state index in [0.717, 1.165) is 12.1 Å². The summed E-state index contributed by atoms with van der Waals surface area (Å²) in [4.78, 5) is 35.9. The highest BCUT2D eigenvalue weighted by molar-refractivity contribution is 6.38. The van der Waals surface area contributed by atoms with Crippen molar-refractivity contribution in [3.05, 3.63) is 62.1 Å². The second-order valence-corrected chi connectivity index (χ2v) is 6.01. The van der Waals surface area contributed by atoms with Gasteiger partial charge in [-0.2, -0.15) is 0 Å². The fourth-order valence-electron chi connectivity index (χ4n) is 2.54. The molecule has 2 amide bonds. The Morgan fingerprint density at radius 1 is 1.19 bits per heavy atom. The minimum Gasteiger partial charge on any atom is -0.496 e. The number of ether oxygens (including phenoxy) is 2. The van der Waals surface area contributed by atoms with E-state index in [0.29, 0.717) is 16.2 Å². The van der Waals surface area contributed by atoms with Crippen molar-refractivity contribution in [2.45, 2.75) is 6.10 Å². The number of cyclic esters (lactones) is 1. The van der Waals surface area contributed by atoms with E-state index >= 15 is 0 Å². The third kappa shape index (κ3) is 2.93. The smallest absolute Gasteiger partial charge is 0.422 e. The Labute approximate surface area is 157 Å². The van der Waals surface area contributed by atoms with Crippen LogP contribution in [0.2, 0.25) is 10.0 Å². The molecule has 1 aliphatic rings. The number of hydrogen-bond donors (Lipinski definition) is 0. The molecule has 0 saturated carbocycles. The van der Waals surface area contributed by atoms with Gasteiger partial charge in [-0.1, -0.05) is 41.4 Å². The number of hydrogen-bond acceptors (Lipinski definition) is 6. The van der Waals surface area contributed by atoms with Crippen LogP contribution in [0.4, 0.5) is 16.2 Å². The first kappa shape index (κ1) is 18.0. The minimum absolute atomic E-state index is 0.102. The van der Waals surface area contributed by atoms with Gasteiger partial charge in [0, 0.05) is 11.6 Å². The number of imide groups is 1. The van der Waals surface area contributed by atoms with Crippen LogP contribution in [-0.2, 0) is 9.53 Å². The molecule has 10 heteroatoms. The van der Waals surface area contributed by atoms with Gasteiger partial charge in [0.05, 0.1) is 22.7 Å². The van der Waals surface area contributed by atoms with Crippen LogP contribution in [-0.4, -0.2) is 24.0 Å². The van der Waals surface area contributed by atoms with Crippen molar-refractivity contribution >= 4 is 46.6 Å². The molecule has 3 rings (SSSR count). The van der Waals surface area contributed by atoms with Crippen LogP contribution < -0.4 is 9.64 Å². The van der Waals surface area contributed by atoms with E-state index in [9.17, 15) is 19.7 Å². The Kier molecular flexibility index (Phi) is 4.71. The van der Waals surface area contributed by atoms with Gasteiger partial charge in [0.15, 0.2) is 0 Å². The summed E-state index contributed by atoms with van der Waals surface area (Å²) in [6, 6.07) is 8.62. The third-order valence-corrected chi connectivity index (χ3v) is 4.33. The topological polar surface area (TPSA) is 99.0 Å². The number of nitro benzene ring substituents is 1. The van der Waals surface area contributed by atoms with Crippen LogP contribution in [0.15, 0.2) is 36.4 Å². The maximum absolute atomic E-state index is 12.8. The molecule has 2 aromatic carbocycles. The molecule has 1 aliphatic heterocycles. The Hall–Kier alpha value is -2.84. The normalized spacial score (nSPS) is 16.6. The molecule has 0 spiro atoms. The van der Waals surface area contributed by atoms with E-state index in [1.54, 1.807) is 24.3 Å². The first-order chi connectivity index (χ1) is 12.3. The van der Waals surface area contributed by atoms with Crippen molar-refractivity contribution in [2.24, 2.45) is 0 Å². The highest BCUT2D eigenvalue weighted by atomic mass is 35.5. The van der Waals surface area contributed by atoms with Gasteiger partial charge in [-0.25, -0.2) is 9.69 Å². The fourth-order valence-corrected chi connectivity index (χ4v) is 3.01. The molecule has 1 atom stereocenters. The number of nitrogens with zero attached hydrogens (tertiary/aromatic N) is 2. The van der Waals surface area contributed by atoms with E-state index in [-0.39, 0.29) is 15.7 Å². The van der Waals surface area contributed by atoms with Crippen molar-refractivity contribution in [1.82, 2.24) is 0 Å². The van der Waals surface area contributed by atoms with Crippen LogP contribution in [0.3, 0.4) is 0 Å². The Bertz CT molecular complexity index is 933. The lowest BCUT2D eigenvalue weighted by Gasteiger charge is -2.14.